The van der Waals surface area contributed by atoms with Crippen molar-refractivity contribution in [2.24, 2.45) is 22.7 Å². The number of nitrogens with one attached hydrogen (secondary N) is 2. The van der Waals surface area contributed by atoms with Crippen LogP contribution >= 0.6 is 0 Å². The molecule has 5 heteroatoms. The van der Waals surface area contributed by atoms with Gasteiger partial charge in [0.1, 0.15) is 0 Å². The number of rotatable bonds is 5. The number of nitrogens with zero attached hydrogens (tertiary/aromatic N) is 2. The van der Waals surface area contributed by atoms with Gasteiger partial charge in [-0.05, 0) is 77.9 Å². The molecule has 0 bridgehead atoms. The molecule has 1 aliphatic carbocycles. The summed E-state index contributed by atoms with van der Waals surface area (Å²) < 4.78 is 0. The van der Waals surface area contributed by atoms with Gasteiger partial charge in [-0.25, -0.2) is 0 Å². The van der Waals surface area contributed by atoms with Crippen LogP contribution in [0.4, 0.5) is 5.69 Å². The molecule has 1 amide bonds. The maximum absolute atomic E-state index is 12.7. The Labute approximate surface area is 150 Å². The van der Waals surface area contributed by atoms with E-state index in [2.05, 4.69) is 35.3 Å². The standard InChI is InChI=1S/C20H28N4O/c1-7-11(2)13-8-12(3)23-18(17(13)21-6)20(4,5)24-19(25)16-14-9-22-10-15(14)16/h7-8,14-16,22H,6,9-10H2,1-5H3,(H,24,25)/b11-7-/t14-,15+,16+. The number of aliphatic imine (C=N–C) groups is 1. The van der Waals surface area contributed by atoms with Gasteiger partial charge >= 0.3 is 0 Å². The van der Waals surface area contributed by atoms with E-state index in [9.17, 15) is 4.79 Å². The van der Waals surface area contributed by atoms with E-state index >= 15 is 0 Å². The van der Waals surface area contributed by atoms with E-state index < -0.39 is 5.54 Å². The van der Waals surface area contributed by atoms with Crippen LogP contribution in [-0.4, -0.2) is 30.7 Å². The second-order valence-corrected chi connectivity index (χ2v) is 7.76. The molecule has 0 radical (unpaired) electrons. The summed E-state index contributed by atoms with van der Waals surface area (Å²) in [7, 11) is 0. The van der Waals surface area contributed by atoms with E-state index in [1.54, 1.807) is 0 Å². The average molecular weight is 340 g/mol. The lowest BCUT2D eigenvalue weighted by molar-refractivity contribution is -0.124. The number of fused-ring (bicyclic) bond motifs is 1. The van der Waals surface area contributed by atoms with Gasteiger partial charge in [0.2, 0.25) is 5.91 Å². The number of aryl methyl sites for hydroxylation is 1. The normalized spacial score (nSPS) is 25.5. The minimum Gasteiger partial charge on any atom is -0.345 e. The molecule has 1 aliphatic heterocycles. The molecule has 134 valence electrons. The highest BCUT2D eigenvalue weighted by atomic mass is 16.2. The van der Waals surface area contributed by atoms with Crippen molar-refractivity contribution >= 4 is 23.9 Å². The van der Waals surface area contributed by atoms with Crippen LogP contribution in [-0.2, 0) is 10.3 Å². The molecule has 1 saturated carbocycles. The SMILES string of the molecule is C=Nc1c(/C(C)=C\C)cc(C)nc1C(C)(C)NC(=O)[C@H]1[C@@H]2CNC[C@@H]21. The second-order valence-electron chi connectivity index (χ2n) is 7.76. The first-order chi connectivity index (χ1) is 11.8. The summed E-state index contributed by atoms with van der Waals surface area (Å²) in [5.74, 6) is 1.27. The molecule has 3 rings (SSSR count). The third-order valence-corrected chi connectivity index (χ3v) is 5.56. The summed E-state index contributed by atoms with van der Waals surface area (Å²) in [6, 6.07) is 2.03. The van der Waals surface area contributed by atoms with Crippen LogP contribution in [0.2, 0.25) is 0 Å². The number of carbonyl (C=O) groups excluding carboxylic acids is 1. The largest absolute Gasteiger partial charge is 0.345 e. The van der Waals surface area contributed by atoms with Crippen LogP contribution in [0.1, 0.15) is 44.6 Å². The van der Waals surface area contributed by atoms with Crippen LogP contribution in [0.15, 0.2) is 17.1 Å². The Morgan fingerprint density at radius 2 is 2.08 bits per heavy atom. The fourth-order valence-corrected chi connectivity index (χ4v) is 3.98. The van der Waals surface area contributed by atoms with E-state index in [-0.39, 0.29) is 11.8 Å². The molecule has 1 aromatic rings. The number of hydrogen-bond donors (Lipinski definition) is 2. The van der Waals surface area contributed by atoms with E-state index in [0.29, 0.717) is 11.8 Å². The van der Waals surface area contributed by atoms with Gasteiger partial charge in [0.05, 0.1) is 16.9 Å². The van der Waals surface area contributed by atoms with Crippen molar-refractivity contribution in [3.05, 3.63) is 29.1 Å². The van der Waals surface area contributed by atoms with Gasteiger partial charge < -0.3 is 10.6 Å². The minimum absolute atomic E-state index is 0.129. The van der Waals surface area contributed by atoms with Gasteiger partial charge in [-0.3, -0.25) is 14.8 Å². The lowest BCUT2D eigenvalue weighted by Crippen LogP contribution is -2.43. The Morgan fingerprint density at radius 1 is 1.44 bits per heavy atom. The third kappa shape index (κ3) is 3.13. The van der Waals surface area contributed by atoms with E-state index in [1.165, 1.54) is 0 Å². The minimum atomic E-state index is -0.604. The van der Waals surface area contributed by atoms with Crippen LogP contribution in [0, 0.1) is 24.7 Å². The second kappa shape index (κ2) is 6.37. The Kier molecular flexibility index (Phi) is 4.54. The number of carbonyl (C=O) groups is 1. The predicted octanol–water partition coefficient (Wildman–Crippen LogP) is 2.96. The van der Waals surface area contributed by atoms with E-state index in [4.69, 9.17) is 4.98 Å². The first kappa shape index (κ1) is 17.8. The highest BCUT2D eigenvalue weighted by Gasteiger charge is 2.57. The maximum Gasteiger partial charge on any atom is 0.224 e. The molecular weight excluding hydrogens is 312 g/mol. The molecule has 0 unspecified atom stereocenters. The predicted molar refractivity (Wildman–Crippen MR) is 102 cm³/mol. The fourth-order valence-electron chi connectivity index (χ4n) is 3.98. The molecule has 5 nitrogen and oxygen atoms in total. The number of hydrogen-bond acceptors (Lipinski definition) is 4. The van der Waals surface area contributed by atoms with Crippen molar-refractivity contribution < 1.29 is 4.79 Å². The van der Waals surface area contributed by atoms with E-state index in [1.807, 2.05) is 33.8 Å². The molecule has 3 atom stereocenters. The van der Waals surface area contributed by atoms with Crippen molar-refractivity contribution in [1.29, 1.82) is 0 Å². The van der Waals surface area contributed by atoms with Gasteiger partial charge in [0.25, 0.3) is 0 Å². The van der Waals surface area contributed by atoms with Crippen molar-refractivity contribution in [1.82, 2.24) is 15.6 Å². The van der Waals surface area contributed by atoms with Gasteiger partial charge in [0, 0.05) is 17.2 Å². The first-order valence-electron chi connectivity index (χ1n) is 8.95. The smallest absolute Gasteiger partial charge is 0.224 e. The summed E-state index contributed by atoms with van der Waals surface area (Å²) in [6.45, 7) is 15.7. The number of amides is 1. The number of pyridine rings is 1. The Balaban J connectivity index is 1.92. The van der Waals surface area contributed by atoms with Gasteiger partial charge in [-0.1, -0.05) is 6.08 Å². The molecule has 0 aromatic carbocycles. The van der Waals surface area contributed by atoms with Gasteiger partial charge in [-0.2, -0.15) is 0 Å². The fraction of sp³-hybridized carbons (Fsp3) is 0.550. The summed E-state index contributed by atoms with van der Waals surface area (Å²) in [4.78, 5) is 21.7. The van der Waals surface area contributed by atoms with Gasteiger partial charge in [0.15, 0.2) is 0 Å². The van der Waals surface area contributed by atoms with Crippen molar-refractivity contribution in [2.45, 2.75) is 40.2 Å². The molecule has 2 heterocycles. The maximum atomic E-state index is 12.7. The monoisotopic (exact) mass is 340 g/mol. The summed E-state index contributed by atoms with van der Waals surface area (Å²) in [5, 5.41) is 6.54. The van der Waals surface area contributed by atoms with Crippen LogP contribution in [0.5, 0.6) is 0 Å². The zero-order valence-electron chi connectivity index (χ0n) is 15.8. The molecule has 25 heavy (non-hydrogen) atoms. The Morgan fingerprint density at radius 3 is 2.64 bits per heavy atom. The summed E-state index contributed by atoms with van der Waals surface area (Å²) >= 11 is 0. The quantitative estimate of drug-likeness (QED) is 0.810. The van der Waals surface area contributed by atoms with Crippen LogP contribution < -0.4 is 10.6 Å². The zero-order valence-corrected chi connectivity index (χ0v) is 15.8. The topological polar surface area (TPSA) is 66.4 Å². The Hall–Kier alpha value is -2.01. The third-order valence-electron chi connectivity index (χ3n) is 5.56. The van der Waals surface area contributed by atoms with Gasteiger partial charge in [-0.15, -0.1) is 0 Å². The lowest BCUT2D eigenvalue weighted by atomic mass is 9.93. The van der Waals surface area contributed by atoms with Crippen molar-refractivity contribution in [2.75, 3.05) is 13.1 Å². The number of piperidine rings is 1. The molecule has 1 saturated heterocycles. The summed E-state index contributed by atoms with van der Waals surface area (Å²) in [5.41, 5.74) is 3.98. The first-order valence-corrected chi connectivity index (χ1v) is 8.95. The molecular formula is C20H28N4O. The van der Waals surface area contributed by atoms with E-state index in [0.717, 1.165) is 41.3 Å². The highest BCUT2D eigenvalue weighted by Crippen LogP contribution is 2.49. The number of aromatic nitrogens is 1. The average Bonchev–Trinajstić information content (AvgIpc) is 3.06. The zero-order chi connectivity index (χ0) is 18.4. The summed E-state index contributed by atoms with van der Waals surface area (Å²) in [6.07, 6.45) is 2.05. The molecule has 2 fully saturated rings. The Bertz CT molecular complexity index is 740. The van der Waals surface area contributed by atoms with Crippen LogP contribution in [0.25, 0.3) is 5.57 Å². The molecule has 2 aliphatic rings. The van der Waals surface area contributed by atoms with Crippen molar-refractivity contribution in [3.63, 3.8) is 0 Å². The highest BCUT2D eigenvalue weighted by molar-refractivity contribution is 5.84. The molecule has 1 aromatic heterocycles. The molecule has 2 N–H and O–H groups in total. The molecule has 0 spiro atoms. The van der Waals surface area contributed by atoms with Crippen molar-refractivity contribution in [3.8, 4) is 0 Å². The lowest BCUT2D eigenvalue weighted by Gasteiger charge is -2.29. The van der Waals surface area contributed by atoms with Crippen LogP contribution in [0.3, 0.4) is 0 Å². The number of allylic oxidation sites excluding steroid dienone is 2.